The highest BCUT2D eigenvalue weighted by molar-refractivity contribution is 6.52. The minimum Gasteiger partial charge on any atom is -0.454 e. The van der Waals surface area contributed by atoms with E-state index in [2.05, 4.69) is 5.32 Å². The van der Waals surface area contributed by atoms with Crippen LogP contribution in [0.5, 0.6) is 11.5 Å². The Morgan fingerprint density at radius 2 is 1.65 bits per heavy atom. The number of anilines is 2. The number of Topliss-reactive ketones (excluding diaryl/α,β-unsaturated/α-hetero) is 1. The molecule has 2 aliphatic rings. The molecule has 188 valence electrons. The Bertz CT molecular complexity index is 1400. The molecular weight excluding hydrogens is 474 g/mol. The van der Waals surface area contributed by atoms with E-state index in [0.29, 0.717) is 22.9 Å². The van der Waals surface area contributed by atoms with Crippen LogP contribution in [0.1, 0.15) is 29.8 Å². The Labute approximate surface area is 213 Å². The molecule has 9 nitrogen and oxygen atoms in total. The molecule has 0 aliphatic carbocycles. The van der Waals surface area contributed by atoms with E-state index >= 15 is 0 Å². The second-order valence-electron chi connectivity index (χ2n) is 9.28. The van der Waals surface area contributed by atoms with E-state index in [4.69, 9.17) is 9.47 Å². The van der Waals surface area contributed by atoms with Gasteiger partial charge in [-0.2, -0.15) is 0 Å². The van der Waals surface area contributed by atoms with Crippen LogP contribution in [-0.4, -0.2) is 47.3 Å². The summed E-state index contributed by atoms with van der Waals surface area (Å²) in [4.78, 5) is 55.0. The van der Waals surface area contributed by atoms with Gasteiger partial charge in [0.15, 0.2) is 11.5 Å². The quantitative estimate of drug-likeness (QED) is 0.500. The van der Waals surface area contributed by atoms with Crippen LogP contribution >= 0.6 is 0 Å². The predicted molar refractivity (Wildman–Crippen MR) is 135 cm³/mol. The van der Waals surface area contributed by atoms with Gasteiger partial charge in [-0.3, -0.25) is 24.1 Å². The van der Waals surface area contributed by atoms with Crippen molar-refractivity contribution in [3.63, 3.8) is 0 Å². The second-order valence-corrected chi connectivity index (χ2v) is 9.28. The van der Waals surface area contributed by atoms with Gasteiger partial charge in [-0.25, -0.2) is 0 Å². The number of rotatable bonds is 7. The molecule has 9 heteroatoms. The first kappa shape index (κ1) is 24.1. The number of ketones is 1. The molecule has 0 saturated heterocycles. The van der Waals surface area contributed by atoms with Crippen molar-refractivity contribution in [3.05, 3.63) is 83.9 Å². The maximum Gasteiger partial charge on any atom is 0.299 e. The lowest BCUT2D eigenvalue weighted by Crippen LogP contribution is -2.57. The fourth-order valence-electron chi connectivity index (χ4n) is 4.37. The van der Waals surface area contributed by atoms with Gasteiger partial charge < -0.3 is 19.7 Å². The summed E-state index contributed by atoms with van der Waals surface area (Å²) in [5, 5.41) is 2.86. The van der Waals surface area contributed by atoms with E-state index in [-0.39, 0.29) is 25.4 Å². The van der Waals surface area contributed by atoms with Gasteiger partial charge in [0.05, 0.1) is 11.3 Å². The molecule has 0 atom stereocenters. The number of amides is 3. The zero-order valence-electron chi connectivity index (χ0n) is 20.4. The summed E-state index contributed by atoms with van der Waals surface area (Å²) in [5.41, 5.74) is 0.617. The van der Waals surface area contributed by atoms with Crippen LogP contribution in [0, 0.1) is 0 Å². The number of para-hydroxylation sites is 1. The third-order valence-electron chi connectivity index (χ3n) is 6.52. The van der Waals surface area contributed by atoms with Crippen molar-refractivity contribution < 1.29 is 28.7 Å². The number of carbonyl (C=O) groups is 4. The van der Waals surface area contributed by atoms with E-state index in [1.807, 2.05) is 30.3 Å². The van der Waals surface area contributed by atoms with Gasteiger partial charge in [0, 0.05) is 18.3 Å². The van der Waals surface area contributed by atoms with Crippen molar-refractivity contribution in [1.82, 2.24) is 4.90 Å². The van der Waals surface area contributed by atoms with Crippen molar-refractivity contribution in [1.29, 1.82) is 0 Å². The van der Waals surface area contributed by atoms with Gasteiger partial charge in [0.25, 0.3) is 11.7 Å². The Morgan fingerprint density at radius 3 is 2.43 bits per heavy atom. The largest absolute Gasteiger partial charge is 0.454 e. The highest BCUT2D eigenvalue weighted by Gasteiger charge is 2.42. The number of ether oxygens (including phenoxy) is 2. The van der Waals surface area contributed by atoms with Crippen LogP contribution in [0.3, 0.4) is 0 Å². The minimum absolute atomic E-state index is 0.110. The lowest BCUT2D eigenvalue weighted by molar-refractivity contribution is -0.143. The zero-order chi connectivity index (χ0) is 26.2. The molecule has 3 aromatic rings. The normalized spacial score (nSPS) is 13.9. The lowest BCUT2D eigenvalue weighted by Gasteiger charge is -2.38. The third kappa shape index (κ3) is 4.51. The SMILES string of the molecule is CC(C)(C(=O)Nc1ccc2c(c1)OCO2)N(Cc1ccccc1)C(=O)CN1C(=O)C(=O)c2ccccc21. The van der Waals surface area contributed by atoms with Crippen LogP contribution in [0.15, 0.2) is 72.8 Å². The number of nitrogens with zero attached hydrogens (tertiary/aromatic N) is 2. The molecule has 0 fully saturated rings. The molecule has 5 rings (SSSR count). The van der Waals surface area contributed by atoms with Gasteiger partial charge >= 0.3 is 0 Å². The highest BCUT2D eigenvalue weighted by atomic mass is 16.7. The van der Waals surface area contributed by atoms with Crippen LogP contribution in [0.25, 0.3) is 0 Å². The molecule has 0 spiro atoms. The Hall–Kier alpha value is -4.66. The zero-order valence-corrected chi connectivity index (χ0v) is 20.4. The molecule has 0 radical (unpaired) electrons. The topological polar surface area (TPSA) is 105 Å². The number of hydrogen-bond acceptors (Lipinski definition) is 6. The summed E-state index contributed by atoms with van der Waals surface area (Å²) in [6, 6.07) is 20.9. The number of nitrogens with one attached hydrogen (secondary N) is 1. The van der Waals surface area contributed by atoms with E-state index < -0.39 is 29.0 Å². The first-order valence-electron chi connectivity index (χ1n) is 11.8. The molecule has 0 bridgehead atoms. The fraction of sp³-hybridized carbons (Fsp3) is 0.214. The minimum atomic E-state index is -1.32. The smallest absolute Gasteiger partial charge is 0.299 e. The van der Waals surface area contributed by atoms with Crippen molar-refractivity contribution >= 4 is 34.9 Å². The summed E-state index contributed by atoms with van der Waals surface area (Å²) in [7, 11) is 0. The Morgan fingerprint density at radius 1 is 0.946 bits per heavy atom. The molecule has 2 aliphatic heterocycles. The van der Waals surface area contributed by atoms with Gasteiger partial charge in [0.1, 0.15) is 12.1 Å². The maximum absolute atomic E-state index is 13.7. The van der Waals surface area contributed by atoms with Crippen LogP contribution in [0.4, 0.5) is 11.4 Å². The lowest BCUT2D eigenvalue weighted by atomic mass is 9.99. The summed E-state index contributed by atoms with van der Waals surface area (Å²) >= 11 is 0. The van der Waals surface area contributed by atoms with Gasteiger partial charge in [-0.05, 0) is 43.7 Å². The summed E-state index contributed by atoms with van der Waals surface area (Å²) < 4.78 is 10.7. The average molecular weight is 500 g/mol. The number of carbonyl (C=O) groups excluding carboxylic acids is 4. The molecule has 0 unspecified atom stereocenters. The second kappa shape index (κ2) is 9.42. The van der Waals surface area contributed by atoms with Crippen LogP contribution < -0.4 is 19.7 Å². The van der Waals surface area contributed by atoms with Gasteiger partial charge in [-0.15, -0.1) is 0 Å². The predicted octanol–water partition coefficient (Wildman–Crippen LogP) is 3.39. The van der Waals surface area contributed by atoms with Crippen LogP contribution in [-0.2, 0) is 20.9 Å². The standard InChI is InChI=1S/C28H25N3O6/c1-28(2,27(35)29-19-12-13-22-23(14-19)37-17-36-22)31(15-18-8-4-3-5-9-18)24(32)16-30-21-11-7-6-10-20(21)25(33)26(30)34/h3-14H,15-17H2,1-2H3,(H,29,35). The Kier molecular flexibility index (Phi) is 6.12. The molecular formula is C28H25N3O6. The van der Waals surface area contributed by atoms with Crippen molar-refractivity contribution in [2.45, 2.75) is 25.9 Å². The maximum atomic E-state index is 13.7. The van der Waals surface area contributed by atoms with E-state index in [1.54, 1.807) is 56.3 Å². The molecule has 1 N–H and O–H groups in total. The summed E-state index contributed by atoms with van der Waals surface area (Å²) in [5.74, 6) is -1.23. The number of hydrogen-bond donors (Lipinski definition) is 1. The van der Waals surface area contributed by atoms with Crippen molar-refractivity contribution in [2.24, 2.45) is 0 Å². The summed E-state index contributed by atoms with van der Waals surface area (Å²) in [6.45, 7) is 3.13. The Balaban J connectivity index is 1.42. The van der Waals surface area contributed by atoms with E-state index in [9.17, 15) is 19.2 Å². The van der Waals surface area contributed by atoms with Crippen molar-refractivity contribution in [3.8, 4) is 11.5 Å². The van der Waals surface area contributed by atoms with E-state index in [1.165, 1.54) is 9.80 Å². The molecule has 2 heterocycles. The number of fused-ring (bicyclic) bond motifs is 2. The summed E-state index contributed by atoms with van der Waals surface area (Å²) in [6.07, 6.45) is 0. The average Bonchev–Trinajstić information content (AvgIpc) is 3.46. The van der Waals surface area contributed by atoms with Gasteiger partial charge in [-0.1, -0.05) is 42.5 Å². The molecule has 0 saturated carbocycles. The van der Waals surface area contributed by atoms with E-state index in [0.717, 1.165) is 5.56 Å². The monoisotopic (exact) mass is 499 g/mol. The molecule has 0 aromatic heterocycles. The first-order valence-corrected chi connectivity index (χ1v) is 11.8. The van der Waals surface area contributed by atoms with Crippen LogP contribution in [0.2, 0.25) is 0 Å². The molecule has 3 amide bonds. The molecule has 3 aromatic carbocycles. The fourth-order valence-corrected chi connectivity index (χ4v) is 4.37. The third-order valence-corrected chi connectivity index (χ3v) is 6.52. The number of benzene rings is 3. The molecule has 37 heavy (non-hydrogen) atoms. The van der Waals surface area contributed by atoms with Gasteiger partial charge in [0.2, 0.25) is 18.6 Å². The highest BCUT2D eigenvalue weighted by Crippen LogP contribution is 2.35. The first-order chi connectivity index (χ1) is 17.8. The van der Waals surface area contributed by atoms with Crippen molar-refractivity contribution in [2.75, 3.05) is 23.6 Å².